The first-order valence-electron chi connectivity index (χ1n) is 9.78. The van der Waals surface area contributed by atoms with Crippen molar-refractivity contribution in [2.24, 2.45) is 0 Å². The zero-order valence-electron chi connectivity index (χ0n) is 15.9. The highest BCUT2D eigenvalue weighted by Gasteiger charge is 2.23. The molecule has 0 spiro atoms. The van der Waals surface area contributed by atoms with E-state index in [0.717, 1.165) is 37.0 Å². The molecule has 1 aliphatic carbocycles. The van der Waals surface area contributed by atoms with Crippen LogP contribution in [0.3, 0.4) is 0 Å². The molecule has 28 heavy (non-hydrogen) atoms. The summed E-state index contributed by atoms with van der Waals surface area (Å²) < 4.78 is 0. The van der Waals surface area contributed by atoms with E-state index in [1.165, 1.54) is 10.9 Å². The van der Waals surface area contributed by atoms with Gasteiger partial charge in [0.05, 0.1) is 5.52 Å². The molecule has 0 radical (unpaired) electrons. The Morgan fingerprint density at radius 3 is 2.54 bits per heavy atom. The van der Waals surface area contributed by atoms with E-state index in [1.807, 2.05) is 12.1 Å². The van der Waals surface area contributed by atoms with Gasteiger partial charge in [0.2, 0.25) is 0 Å². The summed E-state index contributed by atoms with van der Waals surface area (Å²) in [4.78, 5) is 17.2. The average molecular weight is 394 g/mol. The number of halogens is 1. The molecule has 1 saturated carbocycles. The van der Waals surface area contributed by atoms with Crippen LogP contribution in [0.5, 0.6) is 0 Å². The van der Waals surface area contributed by atoms with E-state index in [4.69, 9.17) is 16.6 Å². The quantitative estimate of drug-likeness (QED) is 0.628. The summed E-state index contributed by atoms with van der Waals surface area (Å²) in [5, 5.41) is 8.50. The molecule has 1 fully saturated rings. The Morgan fingerprint density at radius 2 is 1.75 bits per heavy atom. The Morgan fingerprint density at radius 1 is 1.00 bits per heavy atom. The SMILES string of the molecule is Cc1cc(NC2CCC(NC(=O)c3cccc(Cl)c3)CC2)nc2ccccc12. The topological polar surface area (TPSA) is 54.0 Å². The first-order valence-corrected chi connectivity index (χ1v) is 10.2. The van der Waals surface area contributed by atoms with Gasteiger partial charge in [-0.2, -0.15) is 0 Å². The van der Waals surface area contributed by atoms with E-state index in [0.29, 0.717) is 16.6 Å². The van der Waals surface area contributed by atoms with Crippen LogP contribution in [-0.4, -0.2) is 23.0 Å². The normalized spacial score (nSPS) is 19.4. The monoisotopic (exact) mass is 393 g/mol. The van der Waals surface area contributed by atoms with Gasteiger partial charge in [0.25, 0.3) is 5.91 Å². The highest BCUT2D eigenvalue weighted by Crippen LogP contribution is 2.25. The summed E-state index contributed by atoms with van der Waals surface area (Å²) in [6, 6.07) is 18.0. The summed E-state index contributed by atoms with van der Waals surface area (Å²) in [7, 11) is 0. The van der Waals surface area contributed by atoms with Crippen molar-refractivity contribution in [2.75, 3.05) is 5.32 Å². The number of carbonyl (C=O) groups is 1. The molecule has 1 heterocycles. The van der Waals surface area contributed by atoms with E-state index in [1.54, 1.807) is 24.3 Å². The van der Waals surface area contributed by atoms with Gasteiger partial charge in [-0.1, -0.05) is 35.9 Å². The number of aromatic nitrogens is 1. The van der Waals surface area contributed by atoms with Crippen molar-refractivity contribution in [2.45, 2.75) is 44.7 Å². The number of amides is 1. The fourth-order valence-electron chi connectivity index (χ4n) is 3.91. The maximum absolute atomic E-state index is 12.4. The molecule has 2 N–H and O–H groups in total. The van der Waals surface area contributed by atoms with Crippen LogP contribution in [0.25, 0.3) is 10.9 Å². The lowest BCUT2D eigenvalue weighted by atomic mass is 9.91. The number of hydrogen-bond acceptors (Lipinski definition) is 3. The molecular weight excluding hydrogens is 370 g/mol. The van der Waals surface area contributed by atoms with Crippen LogP contribution in [0.2, 0.25) is 5.02 Å². The lowest BCUT2D eigenvalue weighted by Gasteiger charge is -2.30. The fraction of sp³-hybridized carbons (Fsp3) is 0.304. The largest absolute Gasteiger partial charge is 0.367 e. The Hall–Kier alpha value is -2.59. The van der Waals surface area contributed by atoms with Gasteiger partial charge < -0.3 is 10.6 Å². The first-order chi connectivity index (χ1) is 13.6. The van der Waals surface area contributed by atoms with Crippen LogP contribution < -0.4 is 10.6 Å². The van der Waals surface area contributed by atoms with Gasteiger partial charge in [-0.15, -0.1) is 0 Å². The van der Waals surface area contributed by atoms with Gasteiger partial charge in [0.1, 0.15) is 5.82 Å². The lowest BCUT2D eigenvalue weighted by Crippen LogP contribution is -2.40. The maximum Gasteiger partial charge on any atom is 0.251 e. The van der Waals surface area contributed by atoms with Crippen LogP contribution in [-0.2, 0) is 0 Å². The fourth-order valence-corrected chi connectivity index (χ4v) is 4.10. The molecule has 4 nitrogen and oxygen atoms in total. The van der Waals surface area contributed by atoms with Crippen LogP contribution in [0, 0.1) is 6.92 Å². The molecule has 1 aromatic heterocycles. The third-order valence-corrected chi connectivity index (χ3v) is 5.66. The number of anilines is 1. The molecule has 0 bridgehead atoms. The van der Waals surface area contributed by atoms with E-state index < -0.39 is 0 Å². The number of hydrogen-bond donors (Lipinski definition) is 2. The van der Waals surface area contributed by atoms with Crippen LogP contribution in [0.15, 0.2) is 54.6 Å². The molecule has 0 aliphatic heterocycles. The van der Waals surface area contributed by atoms with E-state index in [9.17, 15) is 4.79 Å². The number of nitrogens with zero attached hydrogens (tertiary/aromatic N) is 1. The van der Waals surface area contributed by atoms with Crippen LogP contribution in [0.4, 0.5) is 5.82 Å². The Balaban J connectivity index is 1.34. The molecule has 2 aromatic carbocycles. The van der Waals surface area contributed by atoms with Crippen LogP contribution >= 0.6 is 11.6 Å². The van der Waals surface area contributed by atoms with Gasteiger partial charge in [-0.3, -0.25) is 4.79 Å². The second kappa shape index (κ2) is 8.19. The predicted octanol–water partition coefficient (Wildman–Crippen LogP) is 5.35. The number of rotatable bonds is 4. The summed E-state index contributed by atoms with van der Waals surface area (Å²) in [5.41, 5.74) is 2.87. The van der Waals surface area contributed by atoms with Crippen molar-refractivity contribution in [3.05, 3.63) is 70.7 Å². The second-order valence-corrected chi connectivity index (χ2v) is 7.95. The second-order valence-electron chi connectivity index (χ2n) is 7.52. The first kappa shape index (κ1) is 18.8. The van der Waals surface area contributed by atoms with Crippen molar-refractivity contribution < 1.29 is 4.79 Å². The summed E-state index contributed by atoms with van der Waals surface area (Å²) >= 11 is 5.98. The smallest absolute Gasteiger partial charge is 0.251 e. The van der Waals surface area contributed by atoms with Crippen molar-refractivity contribution in [1.82, 2.24) is 10.3 Å². The highest BCUT2D eigenvalue weighted by molar-refractivity contribution is 6.30. The lowest BCUT2D eigenvalue weighted by molar-refractivity contribution is 0.0926. The zero-order chi connectivity index (χ0) is 19.5. The molecule has 3 aromatic rings. The predicted molar refractivity (Wildman–Crippen MR) is 115 cm³/mol. The highest BCUT2D eigenvalue weighted by atomic mass is 35.5. The third kappa shape index (κ3) is 4.28. The summed E-state index contributed by atoms with van der Waals surface area (Å²) in [6.45, 7) is 2.12. The van der Waals surface area contributed by atoms with Crippen molar-refractivity contribution in [3.8, 4) is 0 Å². The molecular formula is C23H24ClN3O. The average Bonchev–Trinajstić information content (AvgIpc) is 2.69. The molecule has 144 valence electrons. The molecule has 5 heteroatoms. The van der Waals surface area contributed by atoms with Crippen molar-refractivity contribution >= 4 is 34.2 Å². The minimum atomic E-state index is -0.0503. The molecule has 0 atom stereocenters. The summed E-state index contributed by atoms with van der Waals surface area (Å²) in [6.07, 6.45) is 3.93. The van der Waals surface area contributed by atoms with Gasteiger partial charge in [0.15, 0.2) is 0 Å². The summed E-state index contributed by atoms with van der Waals surface area (Å²) in [5.74, 6) is 0.883. The number of pyridine rings is 1. The number of fused-ring (bicyclic) bond motifs is 1. The molecule has 1 aliphatic rings. The van der Waals surface area contributed by atoms with E-state index in [-0.39, 0.29) is 11.9 Å². The Kier molecular flexibility index (Phi) is 5.49. The van der Waals surface area contributed by atoms with Gasteiger partial charge in [-0.05, 0) is 68.5 Å². The number of benzene rings is 2. The third-order valence-electron chi connectivity index (χ3n) is 5.42. The van der Waals surface area contributed by atoms with Gasteiger partial charge in [-0.25, -0.2) is 4.98 Å². The van der Waals surface area contributed by atoms with Crippen molar-refractivity contribution in [1.29, 1.82) is 0 Å². The minimum absolute atomic E-state index is 0.0503. The Bertz CT molecular complexity index is 996. The zero-order valence-corrected chi connectivity index (χ0v) is 16.7. The molecule has 0 unspecified atom stereocenters. The van der Waals surface area contributed by atoms with E-state index >= 15 is 0 Å². The van der Waals surface area contributed by atoms with Crippen molar-refractivity contribution in [3.63, 3.8) is 0 Å². The minimum Gasteiger partial charge on any atom is -0.367 e. The van der Waals surface area contributed by atoms with E-state index in [2.05, 4.69) is 35.8 Å². The number of aryl methyl sites for hydroxylation is 1. The molecule has 4 rings (SSSR count). The maximum atomic E-state index is 12.4. The molecule has 1 amide bonds. The van der Waals surface area contributed by atoms with Gasteiger partial charge in [0, 0.05) is 28.1 Å². The number of nitrogens with one attached hydrogen (secondary N) is 2. The Labute approximate surface area is 170 Å². The standard InChI is InChI=1S/C23H24ClN3O/c1-15-13-22(27-21-8-3-2-7-20(15)21)25-18-9-11-19(12-10-18)26-23(28)16-5-4-6-17(24)14-16/h2-8,13-14,18-19H,9-12H2,1H3,(H,25,27)(H,26,28). The number of para-hydroxylation sites is 1. The van der Waals surface area contributed by atoms with Crippen LogP contribution in [0.1, 0.15) is 41.6 Å². The number of carbonyl (C=O) groups excluding carboxylic acids is 1. The molecule has 0 saturated heterocycles. The van der Waals surface area contributed by atoms with Gasteiger partial charge >= 0.3 is 0 Å².